The highest BCUT2D eigenvalue weighted by Gasteiger charge is 2.32. The molecule has 22 heavy (non-hydrogen) atoms. The summed E-state index contributed by atoms with van der Waals surface area (Å²) >= 11 is 1.62. The van der Waals surface area contributed by atoms with E-state index in [1.165, 1.54) is 10.4 Å². The minimum atomic E-state index is 0.223. The first-order valence-corrected chi connectivity index (χ1v) is 8.81. The molecular formula is C18H20N2OS. The summed E-state index contributed by atoms with van der Waals surface area (Å²) in [6.45, 7) is 4.20. The van der Waals surface area contributed by atoms with Crippen LogP contribution in [0.4, 0.5) is 0 Å². The van der Waals surface area contributed by atoms with Gasteiger partial charge in [0.2, 0.25) is 0 Å². The molecule has 114 valence electrons. The van der Waals surface area contributed by atoms with Gasteiger partial charge in [0, 0.05) is 37.1 Å². The van der Waals surface area contributed by atoms with Crippen molar-refractivity contribution in [2.24, 2.45) is 0 Å². The van der Waals surface area contributed by atoms with Crippen LogP contribution in [-0.4, -0.2) is 47.9 Å². The van der Waals surface area contributed by atoms with Crippen LogP contribution < -0.4 is 0 Å². The molecule has 1 aromatic heterocycles. The molecule has 0 saturated carbocycles. The maximum Gasteiger partial charge on any atom is 0.264 e. The first-order chi connectivity index (χ1) is 10.8. The molecule has 2 aromatic rings. The van der Waals surface area contributed by atoms with Gasteiger partial charge in [-0.15, -0.1) is 11.3 Å². The molecule has 3 nitrogen and oxygen atoms in total. The Morgan fingerprint density at radius 2 is 1.73 bits per heavy atom. The van der Waals surface area contributed by atoms with Crippen molar-refractivity contribution in [3.63, 3.8) is 0 Å². The quantitative estimate of drug-likeness (QED) is 0.849. The maximum atomic E-state index is 12.9. The van der Waals surface area contributed by atoms with E-state index in [0.29, 0.717) is 6.04 Å². The Morgan fingerprint density at radius 3 is 2.50 bits per heavy atom. The molecule has 1 amide bonds. The van der Waals surface area contributed by atoms with Gasteiger partial charge in [-0.3, -0.25) is 4.79 Å². The predicted molar refractivity (Wildman–Crippen MR) is 90.3 cm³/mol. The standard InChI is InChI=1S/C18H20N2OS/c21-18(20-13-12-19-10-8-15(20)9-11-19)17-7-6-16(22-17)14-4-2-1-3-5-14/h1-7,15H,8-13H2. The Bertz CT molecular complexity index is 659. The number of hydrogen-bond acceptors (Lipinski definition) is 3. The lowest BCUT2D eigenvalue weighted by atomic mass is 10.1. The number of thiophene rings is 1. The SMILES string of the molecule is O=C(c1ccc(-c2ccccc2)s1)N1CCN2CCC1CC2. The van der Waals surface area contributed by atoms with Crippen LogP contribution >= 0.6 is 11.3 Å². The number of carbonyl (C=O) groups excluding carboxylic acids is 1. The monoisotopic (exact) mass is 312 g/mol. The van der Waals surface area contributed by atoms with E-state index in [-0.39, 0.29) is 5.91 Å². The third kappa shape index (κ3) is 2.57. The van der Waals surface area contributed by atoms with Crippen molar-refractivity contribution in [2.75, 3.05) is 26.2 Å². The molecule has 1 aromatic carbocycles. The van der Waals surface area contributed by atoms with E-state index in [2.05, 4.69) is 28.0 Å². The van der Waals surface area contributed by atoms with Crippen molar-refractivity contribution >= 4 is 17.2 Å². The lowest BCUT2D eigenvalue weighted by Crippen LogP contribution is -2.41. The zero-order chi connectivity index (χ0) is 14.9. The fourth-order valence-electron chi connectivity index (χ4n) is 3.51. The van der Waals surface area contributed by atoms with Crippen molar-refractivity contribution in [1.29, 1.82) is 0 Å². The van der Waals surface area contributed by atoms with E-state index < -0.39 is 0 Å². The van der Waals surface area contributed by atoms with Gasteiger partial charge < -0.3 is 9.80 Å². The zero-order valence-electron chi connectivity index (χ0n) is 12.6. The van der Waals surface area contributed by atoms with Crippen molar-refractivity contribution in [1.82, 2.24) is 9.80 Å². The van der Waals surface area contributed by atoms with Gasteiger partial charge in [0.1, 0.15) is 0 Å². The summed E-state index contributed by atoms with van der Waals surface area (Å²) in [6, 6.07) is 14.8. The van der Waals surface area contributed by atoms with Crippen LogP contribution in [0.1, 0.15) is 22.5 Å². The maximum absolute atomic E-state index is 12.9. The topological polar surface area (TPSA) is 23.6 Å². The normalized spacial score (nSPS) is 24.3. The predicted octanol–water partition coefficient (Wildman–Crippen LogP) is 3.34. The Labute approximate surface area is 135 Å². The van der Waals surface area contributed by atoms with Crippen LogP contribution in [0, 0.1) is 0 Å². The van der Waals surface area contributed by atoms with Gasteiger partial charge in [-0.25, -0.2) is 0 Å². The third-order valence-electron chi connectivity index (χ3n) is 4.79. The van der Waals surface area contributed by atoms with Crippen LogP contribution in [0.25, 0.3) is 10.4 Å². The summed E-state index contributed by atoms with van der Waals surface area (Å²) < 4.78 is 0. The number of fused-ring (bicyclic) bond motifs is 4. The highest BCUT2D eigenvalue weighted by Crippen LogP contribution is 2.30. The van der Waals surface area contributed by atoms with Gasteiger partial charge in [-0.2, -0.15) is 0 Å². The molecular weight excluding hydrogens is 292 g/mol. The molecule has 0 spiro atoms. The molecule has 2 bridgehead atoms. The van der Waals surface area contributed by atoms with E-state index in [9.17, 15) is 4.79 Å². The van der Waals surface area contributed by atoms with Gasteiger partial charge in [0.05, 0.1) is 4.88 Å². The second-order valence-corrected chi connectivity index (χ2v) is 7.19. The Balaban J connectivity index is 1.57. The minimum absolute atomic E-state index is 0.223. The summed E-state index contributed by atoms with van der Waals surface area (Å²) in [5.41, 5.74) is 1.19. The second-order valence-electron chi connectivity index (χ2n) is 6.10. The highest BCUT2D eigenvalue weighted by atomic mass is 32.1. The minimum Gasteiger partial charge on any atom is -0.334 e. The molecule has 4 heterocycles. The van der Waals surface area contributed by atoms with E-state index in [4.69, 9.17) is 0 Å². The fraction of sp³-hybridized carbons (Fsp3) is 0.389. The third-order valence-corrected chi connectivity index (χ3v) is 5.91. The summed E-state index contributed by atoms with van der Waals surface area (Å²) in [4.78, 5) is 19.5. The van der Waals surface area contributed by atoms with Gasteiger partial charge in [-0.05, 0) is 30.5 Å². The van der Waals surface area contributed by atoms with Crippen molar-refractivity contribution in [3.8, 4) is 10.4 Å². The number of carbonyl (C=O) groups is 1. The van der Waals surface area contributed by atoms with Crippen LogP contribution in [-0.2, 0) is 0 Å². The molecule has 0 unspecified atom stereocenters. The molecule has 5 rings (SSSR count). The molecule has 0 atom stereocenters. The van der Waals surface area contributed by atoms with Crippen molar-refractivity contribution in [3.05, 3.63) is 47.3 Å². The van der Waals surface area contributed by atoms with Gasteiger partial charge in [0.25, 0.3) is 5.91 Å². The van der Waals surface area contributed by atoms with E-state index >= 15 is 0 Å². The lowest BCUT2D eigenvalue weighted by Gasteiger charge is -2.31. The molecule has 3 fully saturated rings. The number of benzene rings is 1. The Morgan fingerprint density at radius 1 is 0.955 bits per heavy atom. The highest BCUT2D eigenvalue weighted by molar-refractivity contribution is 7.17. The average Bonchev–Trinajstić information content (AvgIpc) is 2.88. The van der Waals surface area contributed by atoms with E-state index in [0.717, 1.165) is 43.9 Å². The summed E-state index contributed by atoms with van der Waals surface area (Å²) in [6.07, 6.45) is 2.26. The van der Waals surface area contributed by atoms with Gasteiger partial charge in [-0.1, -0.05) is 30.3 Å². The van der Waals surface area contributed by atoms with Crippen molar-refractivity contribution in [2.45, 2.75) is 18.9 Å². The summed E-state index contributed by atoms with van der Waals surface area (Å²) in [7, 11) is 0. The largest absolute Gasteiger partial charge is 0.334 e. The zero-order valence-corrected chi connectivity index (χ0v) is 13.4. The number of rotatable bonds is 2. The average molecular weight is 312 g/mol. The Kier molecular flexibility index (Phi) is 3.72. The first-order valence-electron chi connectivity index (χ1n) is 8.00. The molecule has 4 heteroatoms. The van der Waals surface area contributed by atoms with Gasteiger partial charge >= 0.3 is 0 Å². The smallest absolute Gasteiger partial charge is 0.264 e. The first kappa shape index (κ1) is 14.0. The summed E-state index contributed by atoms with van der Waals surface area (Å²) in [5.74, 6) is 0.223. The number of amides is 1. The van der Waals surface area contributed by atoms with Gasteiger partial charge in [0.15, 0.2) is 0 Å². The number of nitrogens with zero attached hydrogens (tertiary/aromatic N) is 2. The molecule has 3 aliphatic heterocycles. The molecule has 3 aliphatic rings. The van der Waals surface area contributed by atoms with Crippen LogP contribution in [0.3, 0.4) is 0 Å². The molecule has 0 radical (unpaired) electrons. The number of piperidine rings is 1. The molecule has 0 N–H and O–H groups in total. The van der Waals surface area contributed by atoms with Crippen molar-refractivity contribution < 1.29 is 4.79 Å². The lowest BCUT2D eigenvalue weighted by molar-refractivity contribution is 0.0690. The van der Waals surface area contributed by atoms with Crippen LogP contribution in [0.2, 0.25) is 0 Å². The Hall–Kier alpha value is -1.65. The number of hydrogen-bond donors (Lipinski definition) is 0. The summed E-state index contributed by atoms with van der Waals surface area (Å²) in [5, 5.41) is 0. The molecule has 0 aliphatic carbocycles. The van der Waals surface area contributed by atoms with E-state index in [1.54, 1.807) is 11.3 Å². The van der Waals surface area contributed by atoms with Crippen LogP contribution in [0.5, 0.6) is 0 Å². The molecule has 3 saturated heterocycles. The fourth-order valence-corrected chi connectivity index (χ4v) is 4.47. The second kappa shape index (κ2) is 5.86. The van der Waals surface area contributed by atoms with E-state index in [1.807, 2.05) is 24.3 Å². The van der Waals surface area contributed by atoms with Crippen LogP contribution in [0.15, 0.2) is 42.5 Å².